The summed E-state index contributed by atoms with van der Waals surface area (Å²) < 4.78 is 15.3. The van der Waals surface area contributed by atoms with Crippen LogP contribution in [-0.2, 0) is 16.1 Å². The molecule has 0 aliphatic heterocycles. The van der Waals surface area contributed by atoms with Crippen molar-refractivity contribution in [2.75, 3.05) is 18.5 Å². The summed E-state index contributed by atoms with van der Waals surface area (Å²) in [6.07, 6.45) is -0.591. The van der Waals surface area contributed by atoms with E-state index in [4.69, 9.17) is 14.2 Å². The molecule has 3 aromatic carbocycles. The molecule has 0 aromatic heterocycles. The van der Waals surface area contributed by atoms with Gasteiger partial charge in [-0.1, -0.05) is 36.4 Å². The number of carbonyl (C=O) groups excluding carboxylic acids is 3. The third-order valence-corrected chi connectivity index (χ3v) is 4.66. The van der Waals surface area contributed by atoms with Gasteiger partial charge in [-0.05, 0) is 55.0 Å². The summed E-state index contributed by atoms with van der Waals surface area (Å²) in [5.74, 6) is 0.491. The molecule has 8 nitrogen and oxygen atoms in total. The molecule has 0 unspecified atom stereocenters. The van der Waals surface area contributed by atoms with Crippen LogP contribution in [0.5, 0.6) is 11.5 Å². The normalized spacial score (nSPS) is 10.1. The van der Waals surface area contributed by atoms with Crippen molar-refractivity contribution in [1.29, 1.82) is 0 Å². The summed E-state index contributed by atoms with van der Waals surface area (Å²) in [6.45, 7) is 2.41. The molecule has 0 radical (unpaired) electrons. The Morgan fingerprint density at radius 1 is 0.824 bits per heavy atom. The molecular formula is C26H26N2O6. The molecule has 0 saturated carbocycles. The number of para-hydroxylation sites is 2. The van der Waals surface area contributed by atoms with Crippen LogP contribution < -0.4 is 20.1 Å². The van der Waals surface area contributed by atoms with E-state index in [1.54, 1.807) is 31.2 Å². The van der Waals surface area contributed by atoms with Gasteiger partial charge in [-0.25, -0.2) is 4.79 Å². The molecular weight excluding hydrogens is 436 g/mol. The average molecular weight is 463 g/mol. The first-order chi connectivity index (χ1) is 16.5. The Balaban J connectivity index is 1.50. The molecule has 0 atom stereocenters. The van der Waals surface area contributed by atoms with E-state index in [0.717, 1.165) is 5.56 Å². The van der Waals surface area contributed by atoms with Crippen LogP contribution in [0.3, 0.4) is 0 Å². The predicted octanol–water partition coefficient (Wildman–Crippen LogP) is 4.56. The fraction of sp³-hybridized carbons (Fsp3) is 0.192. The number of rotatable bonds is 10. The van der Waals surface area contributed by atoms with E-state index in [2.05, 4.69) is 10.6 Å². The number of hydrogen-bond acceptors (Lipinski definition) is 6. The maximum Gasteiger partial charge on any atom is 0.513 e. The summed E-state index contributed by atoms with van der Waals surface area (Å²) in [5.41, 5.74) is 1.73. The molecule has 0 aliphatic rings. The number of nitrogens with one attached hydrogen (secondary N) is 2. The highest BCUT2D eigenvalue weighted by Gasteiger charge is 2.11. The summed E-state index contributed by atoms with van der Waals surface area (Å²) in [7, 11) is 0. The van der Waals surface area contributed by atoms with E-state index in [-0.39, 0.29) is 43.7 Å². The summed E-state index contributed by atoms with van der Waals surface area (Å²) in [5, 5.41) is 5.69. The Labute approximate surface area is 197 Å². The summed E-state index contributed by atoms with van der Waals surface area (Å²) in [6, 6.07) is 22.6. The molecule has 176 valence electrons. The van der Waals surface area contributed by atoms with Crippen molar-refractivity contribution in [3.8, 4) is 11.5 Å². The van der Waals surface area contributed by atoms with E-state index in [1.165, 1.54) is 12.1 Å². The number of benzene rings is 3. The summed E-state index contributed by atoms with van der Waals surface area (Å²) in [4.78, 5) is 36.2. The number of ether oxygens (including phenoxy) is 3. The standard InChI is InChI=1S/C26H26N2O6/c1-2-32-26(31)34-22-14-12-19(13-15-22)25(30)28-23-11-7-6-8-20(23)18-27-24(29)16-17-33-21-9-4-3-5-10-21/h3-15H,2,16-18H2,1H3,(H,27,29)(H,28,30). The highest BCUT2D eigenvalue weighted by Crippen LogP contribution is 2.18. The second kappa shape index (κ2) is 12.6. The van der Waals surface area contributed by atoms with E-state index < -0.39 is 6.16 Å². The quantitative estimate of drug-likeness (QED) is 0.338. The minimum Gasteiger partial charge on any atom is -0.493 e. The number of hydrogen-bond donors (Lipinski definition) is 2. The molecule has 0 spiro atoms. The van der Waals surface area contributed by atoms with Crippen LogP contribution in [0.2, 0.25) is 0 Å². The molecule has 0 saturated heterocycles. The topological polar surface area (TPSA) is 103 Å². The Morgan fingerprint density at radius 3 is 2.26 bits per heavy atom. The van der Waals surface area contributed by atoms with Crippen molar-refractivity contribution < 1.29 is 28.6 Å². The lowest BCUT2D eigenvalue weighted by atomic mass is 10.1. The summed E-state index contributed by atoms with van der Waals surface area (Å²) >= 11 is 0. The van der Waals surface area contributed by atoms with Crippen LogP contribution in [0.1, 0.15) is 29.3 Å². The van der Waals surface area contributed by atoms with Crippen LogP contribution in [0, 0.1) is 0 Å². The zero-order valence-electron chi connectivity index (χ0n) is 18.8. The van der Waals surface area contributed by atoms with E-state index in [1.807, 2.05) is 42.5 Å². The highest BCUT2D eigenvalue weighted by atomic mass is 16.7. The first-order valence-corrected chi connectivity index (χ1v) is 10.8. The minimum absolute atomic E-state index is 0.158. The van der Waals surface area contributed by atoms with E-state index in [9.17, 15) is 14.4 Å². The number of carbonyl (C=O) groups is 3. The van der Waals surface area contributed by atoms with Crippen LogP contribution >= 0.6 is 0 Å². The van der Waals surface area contributed by atoms with Crippen molar-refractivity contribution in [2.45, 2.75) is 19.9 Å². The van der Waals surface area contributed by atoms with Gasteiger partial charge in [0.15, 0.2) is 0 Å². The highest BCUT2D eigenvalue weighted by molar-refractivity contribution is 6.04. The molecule has 8 heteroatoms. The lowest BCUT2D eigenvalue weighted by molar-refractivity contribution is -0.121. The zero-order valence-corrected chi connectivity index (χ0v) is 18.8. The van der Waals surface area contributed by atoms with Gasteiger partial charge in [-0.3, -0.25) is 9.59 Å². The van der Waals surface area contributed by atoms with Crippen molar-refractivity contribution >= 4 is 23.7 Å². The Bertz CT molecular complexity index is 1100. The first kappa shape index (κ1) is 24.3. The molecule has 2 N–H and O–H groups in total. The third-order valence-electron chi connectivity index (χ3n) is 4.66. The largest absolute Gasteiger partial charge is 0.513 e. The van der Waals surface area contributed by atoms with E-state index >= 15 is 0 Å². The van der Waals surface area contributed by atoms with Crippen molar-refractivity contribution in [3.05, 3.63) is 90.0 Å². The van der Waals surface area contributed by atoms with Gasteiger partial charge in [-0.2, -0.15) is 0 Å². The lowest BCUT2D eigenvalue weighted by Crippen LogP contribution is -2.25. The maximum absolute atomic E-state index is 12.7. The minimum atomic E-state index is -0.803. The van der Waals surface area contributed by atoms with Crippen molar-refractivity contribution in [2.24, 2.45) is 0 Å². The first-order valence-electron chi connectivity index (χ1n) is 10.8. The number of anilines is 1. The van der Waals surface area contributed by atoms with Gasteiger partial charge in [0, 0.05) is 17.8 Å². The molecule has 2 amide bonds. The molecule has 0 fully saturated rings. The maximum atomic E-state index is 12.7. The van der Waals surface area contributed by atoms with Crippen LogP contribution in [0.25, 0.3) is 0 Å². The van der Waals surface area contributed by atoms with Gasteiger partial charge < -0.3 is 24.8 Å². The van der Waals surface area contributed by atoms with Crippen LogP contribution in [-0.4, -0.2) is 31.2 Å². The monoisotopic (exact) mass is 462 g/mol. The average Bonchev–Trinajstić information content (AvgIpc) is 2.85. The lowest BCUT2D eigenvalue weighted by Gasteiger charge is -2.12. The molecule has 34 heavy (non-hydrogen) atoms. The second-order valence-corrected chi connectivity index (χ2v) is 7.11. The third kappa shape index (κ3) is 7.67. The van der Waals surface area contributed by atoms with Gasteiger partial charge in [0.1, 0.15) is 11.5 Å². The van der Waals surface area contributed by atoms with Gasteiger partial charge >= 0.3 is 6.16 Å². The fourth-order valence-electron chi connectivity index (χ4n) is 2.97. The SMILES string of the molecule is CCOC(=O)Oc1ccc(C(=O)Nc2ccccc2CNC(=O)CCOc2ccccc2)cc1. The van der Waals surface area contributed by atoms with Crippen LogP contribution in [0.4, 0.5) is 10.5 Å². The molecule has 0 bridgehead atoms. The smallest absolute Gasteiger partial charge is 0.493 e. The van der Waals surface area contributed by atoms with Gasteiger partial charge in [0.25, 0.3) is 5.91 Å². The van der Waals surface area contributed by atoms with Crippen molar-refractivity contribution in [1.82, 2.24) is 5.32 Å². The van der Waals surface area contributed by atoms with Gasteiger partial charge in [-0.15, -0.1) is 0 Å². The second-order valence-electron chi connectivity index (χ2n) is 7.11. The number of amides is 2. The van der Waals surface area contributed by atoms with Crippen molar-refractivity contribution in [3.63, 3.8) is 0 Å². The molecule has 0 aliphatic carbocycles. The zero-order chi connectivity index (χ0) is 24.2. The Hall–Kier alpha value is -4.33. The van der Waals surface area contributed by atoms with E-state index in [0.29, 0.717) is 17.0 Å². The molecule has 3 aromatic rings. The Morgan fingerprint density at radius 2 is 1.53 bits per heavy atom. The van der Waals surface area contributed by atoms with Gasteiger partial charge in [0.2, 0.25) is 5.91 Å². The molecule has 0 heterocycles. The molecule has 3 rings (SSSR count). The van der Waals surface area contributed by atoms with Crippen LogP contribution in [0.15, 0.2) is 78.9 Å². The Kier molecular flexibility index (Phi) is 9.04. The fourth-order valence-corrected chi connectivity index (χ4v) is 2.97. The van der Waals surface area contributed by atoms with Gasteiger partial charge in [0.05, 0.1) is 19.6 Å². The predicted molar refractivity (Wildman–Crippen MR) is 127 cm³/mol.